The number of rotatable bonds is 12. The molecule has 30 heavy (non-hydrogen) atoms. The van der Waals surface area contributed by atoms with Crippen LogP contribution in [-0.2, 0) is 4.79 Å². The van der Waals surface area contributed by atoms with E-state index in [0.717, 1.165) is 17.9 Å². The molecule has 0 aromatic heterocycles. The molecule has 2 amide bonds. The average molecular weight is 412 g/mol. The number of amides is 2. The summed E-state index contributed by atoms with van der Waals surface area (Å²) < 4.78 is 5.74. The lowest BCUT2D eigenvalue weighted by molar-refractivity contribution is -0.114. The Morgan fingerprint density at radius 3 is 2.37 bits per heavy atom. The van der Waals surface area contributed by atoms with Crippen LogP contribution in [0.15, 0.2) is 48.5 Å². The first-order valence-corrected chi connectivity index (χ1v) is 10.6. The molecular weight excluding hydrogens is 378 g/mol. The van der Waals surface area contributed by atoms with E-state index < -0.39 is 0 Å². The molecule has 0 atom stereocenters. The SMILES string of the molecule is CCCCCCCOc1ccc(NC(=O)CNc2cccc(C(=O)N(C)C)c2)cc1. The van der Waals surface area contributed by atoms with Gasteiger partial charge >= 0.3 is 0 Å². The number of carbonyl (C=O) groups excluding carboxylic acids is 2. The molecule has 0 heterocycles. The zero-order chi connectivity index (χ0) is 21.8. The zero-order valence-electron chi connectivity index (χ0n) is 18.2. The normalized spacial score (nSPS) is 10.4. The van der Waals surface area contributed by atoms with Gasteiger partial charge in [-0.1, -0.05) is 38.7 Å². The maximum Gasteiger partial charge on any atom is 0.253 e. The minimum atomic E-state index is -0.163. The second kappa shape index (κ2) is 12.5. The molecule has 2 N–H and O–H groups in total. The maximum absolute atomic E-state index is 12.2. The third-order valence-electron chi connectivity index (χ3n) is 4.62. The number of nitrogens with one attached hydrogen (secondary N) is 2. The quantitative estimate of drug-likeness (QED) is 0.493. The van der Waals surface area contributed by atoms with Gasteiger partial charge in [0, 0.05) is 31.0 Å². The predicted molar refractivity (Wildman–Crippen MR) is 122 cm³/mol. The number of hydrogen-bond acceptors (Lipinski definition) is 4. The summed E-state index contributed by atoms with van der Waals surface area (Å²) in [6.45, 7) is 3.03. The molecule has 6 nitrogen and oxygen atoms in total. The third kappa shape index (κ3) is 8.15. The summed E-state index contributed by atoms with van der Waals surface area (Å²) >= 11 is 0. The van der Waals surface area contributed by atoms with Crippen molar-refractivity contribution in [2.45, 2.75) is 39.0 Å². The van der Waals surface area contributed by atoms with Gasteiger partial charge in [-0.05, 0) is 48.9 Å². The summed E-state index contributed by atoms with van der Waals surface area (Å²) in [5.74, 6) is 0.569. The lowest BCUT2D eigenvalue weighted by Crippen LogP contribution is -2.23. The molecule has 2 aromatic rings. The highest BCUT2D eigenvalue weighted by molar-refractivity contribution is 5.96. The Morgan fingerprint density at radius 2 is 1.67 bits per heavy atom. The highest BCUT2D eigenvalue weighted by atomic mass is 16.5. The van der Waals surface area contributed by atoms with Crippen molar-refractivity contribution in [3.8, 4) is 5.75 Å². The van der Waals surface area contributed by atoms with Crippen LogP contribution in [0.3, 0.4) is 0 Å². The number of ether oxygens (including phenoxy) is 1. The van der Waals surface area contributed by atoms with E-state index in [-0.39, 0.29) is 18.4 Å². The Hall–Kier alpha value is -3.02. The molecule has 0 saturated heterocycles. The zero-order valence-corrected chi connectivity index (χ0v) is 18.2. The summed E-state index contributed by atoms with van der Waals surface area (Å²) in [5.41, 5.74) is 2.01. The van der Waals surface area contributed by atoms with Crippen molar-refractivity contribution in [1.29, 1.82) is 0 Å². The van der Waals surface area contributed by atoms with Gasteiger partial charge in [0.05, 0.1) is 13.2 Å². The topological polar surface area (TPSA) is 70.7 Å². The molecule has 2 rings (SSSR count). The van der Waals surface area contributed by atoms with E-state index in [2.05, 4.69) is 17.6 Å². The van der Waals surface area contributed by atoms with Gasteiger partial charge in [-0.15, -0.1) is 0 Å². The molecule has 0 radical (unpaired) electrons. The summed E-state index contributed by atoms with van der Waals surface area (Å²) in [5, 5.41) is 5.90. The van der Waals surface area contributed by atoms with Gasteiger partial charge in [0.15, 0.2) is 0 Å². The summed E-state index contributed by atoms with van der Waals surface area (Å²) in [6.07, 6.45) is 6.04. The van der Waals surface area contributed by atoms with Gasteiger partial charge in [-0.25, -0.2) is 0 Å². The molecule has 6 heteroatoms. The first-order chi connectivity index (χ1) is 14.5. The standard InChI is InChI=1S/C24H33N3O3/c1-4-5-6-7-8-16-30-22-14-12-20(13-15-22)26-23(28)18-25-21-11-9-10-19(17-21)24(29)27(2)3/h9-15,17,25H,4-8,16,18H2,1-3H3,(H,26,28). The summed E-state index contributed by atoms with van der Waals surface area (Å²) in [6, 6.07) is 14.5. The highest BCUT2D eigenvalue weighted by Gasteiger charge is 2.09. The van der Waals surface area contributed by atoms with Gasteiger partial charge in [0.25, 0.3) is 5.91 Å². The lowest BCUT2D eigenvalue weighted by atomic mass is 10.2. The van der Waals surface area contributed by atoms with E-state index in [1.807, 2.05) is 30.3 Å². The maximum atomic E-state index is 12.2. The molecule has 162 valence electrons. The van der Waals surface area contributed by atoms with E-state index >= 15 is 0 Å². The van der Waals surface area contributed by atoms with Gasteiger partial charge < -0.3 is 20.3 Å². The minimum absolute atomic E-state index is 0.0774. The fraction of sp³-hybridized carbons (Fsp3) is 0.417. The smallest absolute Gasteiger partial charge is 0.253 e. The van der Waals surface area contributed by atoms with Gasteiger partial charge in [-0.2, -0.15) is 0 Å². The van der Waals surface area contributed by atoms with Crippen molar-refractivity contribution in [2.75, 3.05) is 37.9 Å². The Bertz CT molecular complexity index is 804. The largest absolute Gasteiger partial charge is 0.494 e. The Labute approximate surface area is 179 Å². The van der Waals surface area contributed by atoms with Crippen molar-refractivity contribution < 1.29 is 14.3 Å². The lowest BCUT2D eigenvalue weighted by Gasteiger charge is -2.12. The molecule has 0 spiro atoms. The Balaban J connectivity index is 1.75. The van der Waals surface area contributed by atoms with Crippen molar-refractivity contribution in [1.82, 2.24) is 4.90 Å². The van der Waals surface area contributed by atoms with Crippen LogP contribution in [0.4, 0.5) is 11.4 Å². The van der Waals surface area contributed by atoms with Crippen LogP contribution in [0.25, 0.3) is 0 Å². The van der Waals surface area contributed by atoms with E-state index in [0.29, 0.717) is 17.9 Å². The number of anilines is 2. The fourth-order valence-electron chi connectivity index (χ4n) is 2.94. The predicted octanol–water partition coefficient (Wildman–Crippen LogP) is 4.79. The molecule has 0 bridgehead atoms. The van der Waals surface area contributed by atoms with E-state index in [9.17, 15) is 9.59 Å². The number of hydrogen-bond donors (Lipinski definition) is 2. The molecule has 0 aliphatic carbocycles. The second-order valence-corrected chi connectivity index (χ2v) is 7.47. The van der Waals surface area contributed by atoms with Crippen LogP contribution in [0, 0.1) is 0 Å². The first kappa shape index (κ1) is 23.3. The van der Waals surface area contributed by atoms with Crippen LogP contribution in [0.5, 0.6) is 5.75 Å². The summed E-state index contributed by atoms with van der Waals surface area (Å²) in [4.78, 5) is 25.8. The highest BCUT2D eigenvalue weighted by Crippen LogP contribution is 2.17. The average Bonchev–Trinajstić information content (AvgIpc) is 2.75. The minimum Gasteiger partial charge on any atom is -0.494 e. The number of carbonyl (C=O) groups is 2. The van der Waals surface area contributed by atoms with Crippen LogP contribution in [-0.4, -0.2) is 44.0 Å². The van der Waals surface area contributed by atoms with Crippen molar-refractivity contribution in [2.24, 2.45) is 0 Å². The van der Waals surface area contributed by atoms with Crippen LogP contribution >= 0.6 is 0 Å². The Morgan fingerprint density at radius 1 is 0.933 bits per heavy atom. The van der Waals surface area contributed by atoms with Gasteiger partial charge in [-0.3, -0.25) is 9.59 Å². The van der Waals surface area contributed by atoms with Gasteiger partial charge in [0.2, 0.25) is 5.91 Å². The fourth-order valence-corrected chi connectivity index (χ4v) is 2.94. The van der Waals surface area contributed by atoms with E-state index in [4.69, 9.17) is 4.74 Å². The number of benzene rings is 2. The number of unbranched alkanes of at least 4 members (excludes halogenated alkanes) is 4. The molecular formula is C24H33N3O3. The first-order valence-electron chi connectivity index (χ1n) is 10.6. The molecule has 0 aliphatic rings. The van der Waals surface area contributed by atoms with Crippen LogP contribution in [0.1, 0.15) is 49.4 Å². The summed E-state index contributed by atoms with van der Waals surface area (Å²) in [7, 11) is 3.42. The number of nitrogens with zero attached hydrogens (tertiary/aromatic N) is 1. The third-order valence-corrected chi connectivity index (χ3v) is 4.62. The van der Waals surface area contributed by atoms with Crippen molar-refractivity contribution in [3.63, 3.8) is 0 Å². The molecule has 0 fully saturated rings. The van der Waals surface area contributed by atoms with Crippen molar-refractivity contribution >= 4 is 23.2 Å². The molecule has 0 unspecified atom stereocenters. The Kier molecular flexibility index (Phi) is 9.71. The molecule has 0 saturated carbocycles. The molecule has 0 aliphatic heterocycles. The van der Waals surface area contributed by atoms with Crippen LogP contribution in [0.2, 0.25) is 0 Å². The monoisotopic (exact) mass is 411 g/mol. The molecule has 2 aromatic carbocycles. The van der Waals surface area contributed by atoms with Crippen molar-refractivity contribution in [3.05, 3.63) is 54.1 Å². The van der Waals surface area contributed by atoms with Crippen LogP contribution < -0.4 is 15.4 Å². The second-order valence-electron chi connectivity index (χ2n) is 7.47. The van der Waals surface area contributed by atoms with Gasteiger partial charge in [0.1, 0.15) is 5.75 Å². The van der Waals surface area contributed by atoms with E-state index in [1.165, 1.54) is 30.6 Å². The van der Waals surface area contributed by atoms with E-state index in [1.54, 1.807) is 32.3 Å².